The Bertz CT molecular complexity index is 101. The van der Waals surface area contributed by atoms with E-state index in [0.29, 0.717) is 0 Å². The summed E-state index contributed by atoms with van der Waals surface area (Å²) in [6, 6.07) is 0. The molecule has 9 heavy (non-hydrogen) atoms. The predicted molar refractivity (Wildman–Crippen MR) is 26.2 cm³/mol. The van der Waals surface area contributed by atoms with Gasteiger partial charge in [-0.3, -0.25) is 0 Å². The van der Waals surface area contributed by atoms with Crippen LogP contribution in [0.3, 0.4) is 0 Å². The van der Waals surface area contributed by atoms with Crippen LogP contribution in [-0.4, -0.2) is 60.3 Å². The van der Waals surface area contributed by atoms with Crippen molar-refractivity contribution in [2.75, 3.05) is 0 Å². The maximum Gasteiger partial charge on any atom is 2.00 e. The Balaban J connectivity index is -0.0000000180. The third-order valence-electron chi connectivity index (χ3n) is 0.175. The second-order valence-corrected chi connectivity index (χ2v) is 0.634. The van der Waals surface area contributed by atoms with Gasteiger partial charge in [0.15, 0.2) is 0 Å². The van der Waals surface area contributed by atoms with Gasteiger partial charge in [0.1, 0.15) is 0 Å². The molecule has 2 N–H and O–H groups in total. The normalized spacial score (nSPS) is 5.78. The Morgan fingerprint density at radius 3 is 1.44 bits per heavy atom. The molecule has 0 aliphatic rings. The van der Waals surface area contributed by atoms with Crippen molar-refractivity contribution in [1.29, 1.82) is 0 Å². The van der Waals surface area contributed by atoms with Gasteiger partial charge < -0.3 is 19.2 Å². The van der Waals surface area contributed by atoms with Gasteiger partial charge in [0, 0.05) is 0 Å². The maximum atomic E-state index is 9.21. The van der Waals surface area contributed by atoms with Crippen LogP contribution in [0.25, 0.3) is 0 Å². The van der Waals surface area contributed by atoms with Crippen LogP contribution < -0.4 is 29.6 Å². The number of hydrogen-bond donors (Lipinski definition) is 2. The summed E-state index contributed by atoms with van der Waals surface area (Å²) in [6.45, 7) is 0. The van der Waals surface area contributed by atoms with Gasteiger partial charge in [-0.2, -0.15) is 0 Å². The standard InChI is InChI=1S/C2H2O5.Ca.Na.3H/c3-1(4)7-2(5)6;;;;;/h(H,3,4)(H,5,6);;;;;/q;+2;+1;3*-1. The van der Waals surface area contributed by atoms with E-state index in [2.05, 4.69) is 4.74 Å². The Morgan fingerprint density at radius 1 is 1.22 bits per heavy atom. The first-order valence-corrected chi connectivity index (χ1v) is 1.26. The van der Waals surface area contributed by atoms with Gasteiger partial charge in [-0.05, 0) is 0 Å². The first-order valence-electron chi connectivity index (χ1n) is 1.26. The van der Waals surface area contributed by atoms with E-state index in [1.807, 2.05) is 0 Å². The molecular formula is C2H5CaNaO5. The van der Waals surface area contributed by atoms with Crippen molar-refractivity contribution >= 4 is 50.0 Å². The summed E-state index contributed by atoms with van der Waals surface area (Å²) in [7, 11) is 0. The van der Waals surface area contributed by atoms with E-state index in [1.165, 1.54) is 0 Å². The van der Waals surface area contributed by atoms with Crippen LogP contribution in [0, 0.1) is 0 Å². The minimum atomic E-state index is -1.81. The SMILES string of the molecule is O=C(O)OC(=O)O.[Ca+2].[H-].[H-].[H-].[Na+]. The van der Waals surface area contributed by atoms with Crippen LogP contribution >= 0.6 is 0 Å². The zero-order valence-corrected chi connectivity index (χ0v) is 9.03. The van der Waals surface area contributed by atoms with Crippen molar-refractivity contribution in [3.63, 3.8) is 0 Å². The van der Waals surface area contributed by atoms with Crippen LogP contribution in [0.2, 0.25) is 0 Å². The Labute approximate surface area is 107 Å². The maximum absolute atomic E-state index is 9.21. The molecule has 5 nitrogen and oxygen atoms in total. The second-order valence-electron chi connectivity index (χ2n) is 0.634. The third-order valence-corrected chi connectivity index (χ3v) is 0.175. The summed E-state index contributed by atoms with van der Waals surface area (Å²) < 4.78 is 3.08. The third kappa shape index (κ3) is 17.6. The molecule has 0 heterocycles. The molecule has 46 valence electrons. The number of rotatable bonds is 0. The molecule has 0 unspecified atom stereocenters. The Morgan fingerprint density at radius 2 is 1.44 bits per heavy atom. The van der Waals surface area contributed by atoms with E-state index in [4.69, 9.17) is 10.2 Å². The number of carbonyl (C=O) groups is 2. The summed E-state index contributed by atoms with van der Waals surface area (Å²) >= 11 is 0. The fourth-order valence-corrected chi connectivity index (χ4v) is 0.0747. The van der Waals surface area contributed by atoms with Crippen LogP contribution in [0.5, 0.6) is 0 Å². The monoisotopic (exact) mass is 172 g/mol. The topological polar surface area (TPSA) is 83.8 Å². The van der Waals surface area contributed by atoms with Crippen LogP contribution in [-0.2, 0) is 4.74 Å². The Kier molecular flexibility index (Phi) is 16.5. The molecule has 0 spiro atoms. The first kappa shape index (κ1) is 16.5. The molecule has 0 fully saturated rings. The largest absolute Gasteiger partial charge is 2.00 e. The van der Waals surface area contributed by atoms with E-state index in [9.17, 15) is 9.59 Å². The smallest absolute Gasteiger partial charge is 1.00 e. The van der Waals surface area contributed by atoms with Gasteiger partial charge in [0.2, 0.25) is 0 Å². The minimum absolute atomic E-state index is 0. The molecule has 0 aromatic heterocycles. The fraction of sp³-hybridized carbons (Fsp3) is 0. The van der Waals surface area contributed by atoms with Crippen molar-refractivity contribution in [2.24, 2.45) is 0 Å². The summed E-state index contributed by atoms with van der Waals surface area (Å²) in [4.78, 5) is 18.4. The molecule has 0 aliphatic heterocycles. The van der Waals surface area contributed by atoms with Gasteiger partial charge >= 0.3 is 79.6 Å². The van der Waals surface area contributed by atoms with E-state index in [1.54, 1.807) is 0 Å². The summed E-state index contributed by atoms with van der Waals surface area (Å²) in [5.74, 6) is 0. The number of ether oxygens (including phenoxy) is 1. The van der Waals surface area contributed by atoms with Crippen LogP contribution in [0.4, 0.5) is 9.59 Å². The average molecular weight is 172 g/mol. The second kappa shape index (κ2) is 9.00. The molecule has 0 amide bonds. The number of hydrogen-bond acceptors (Lipinski definition) is 3. The molecule has 0 bridgehead atoms. The van der Waals surface area contributed by atoms with Gasteiger partial charge in [-0.25, -0.2) is 9.59 Å². The minimum Gasteiger partial charge on any atom is -1.00 e. The van der Waals surface area contributed by atoms with Crippen molar-refractivity contribution in [2.45, 2.75) is 0 Å². The zero-order valence-electron chi connectivity index (χ0n) is 7.83. The van der Waals surface area contributed by atoms with Gasteiger partial charge in [0.05, 0.1) is 0 Å². The van der Waals surface area contributed by atoms with Crippen molar-refractivity contribution in [1.82, 2.24) is 0 Å². The molecule has 0 saturated heterocycles. The molecule has 0 rings (SSSR count). The first-order chi connectivity index (χ1) is 3.13. The molecule has 0 radical (unpaired) electrons. The molecule has 0 saturated carbocycles. The van der Waals surface area contributed by atoms with E-state index in [-0.39, 0.29) is 71.6 Å². The quantitative estimate of drug-likeness (QED) is 0.236. The summed E-state index contributed by atoms with van der Waals surface area (Å²) in [5.41, 5.74) is 0. The predicted octanol–water partition coefficient (Wildman–Crippen LogP) is -2.68. The Hall–Kier alpha value is 1.000. The van der Waals surface area contributed by atoms with Gasteiger partial charge in [-0.1, -0.05) is 0 Å². The van der Waals surface area contributed by atoms with Crippen molar-refractivity contribution < 1.29 is 58.4 Å². The summed E-state index contributed by atoms with van der Waals surface area (Å²) in [6.07, 6.45) is -3.62. The van der Waals surface area contributed by atoms with Gasteiger partial charge in [0.25, 0.3) is 0 Å². The average Bonchev–Trinajstić information content (AvgIpc) is 1.27. The fourth-order valence-electron chi connectivity index (χ4n) is 0.0747. The van der Waals surface area contributed by atoms with Crippen LogP contribution in [0.15, 0.2) is 0 Å². The summed E-state index contributed by atoms with van der Waals surface area (Å²) in [5, 5.41) is 15.0. The van der Waals surface area contributed by atoms with Crippen LogP contribution in [0.1, 0.15) is 4.28 Å². The molecule has 7 heteroatoms. The van der Waals surface area contributed by atoms with E-state index < -0.39 is 12.3 Å². The van der Waals surface area contributed by atoms with Crippen molar-refractivity contribution in [3.8, 4) is 0 Å². The molecule has 0 aliphatic carbocycles. The van der Waals surface area contributed by atoms with E-state index in [0.717, 1.165) is 0 Å². The molecule has 0 aromatic rings. The zero-order chi connectivity index (χ0) is 5.86. The molecule has 0 atom stereocenters. The van der Waals surface area contributed by atoms with Crippen molar-refractivity contribution in [3.05, 3.63) is 0 Å². The number of carboxylic acid groups (broad SMARTS) is 2. The van der Waals surface area contributed by atoms with Gasteiger partial charge in [-0.15, -0.1) is 0 Å². The van der Waals surface area contributed by atoms with E-state index >= 15 is 0 Å². The molecule has 0 aromatic carbocycles. The molecular weight excluding hydrogens is 167 g/mol.